The standard InChI is InChI=1S/C21H26O2/c1-4-21(23)10-8-18-19-13(2)11-14-12-15(22)5-6-16(14)17(19)7-9-20(18,21)3/h1,5-6,12-13,17-19,22-23H,7-11H2,2-3H3/t13?,17-,18+,19-,20?,21+/m1/s1. The Labute approximate surface area is 138 Å². The Morgan fingerprint density at radius 3 is 2.78 bits per heavy atom. The van der Waals surface area contributed by atoms with Gasteiger partial charge >= 0.3 is 0 Å². The number of phenolic OH excluding ortho intramolecular Hbond substituents is 1. The van der Waals surface area contributed by atoms with Gasteiger partial charge in [0.2, 0.25) is 0 Å². The zero-order valence-electron chi connectivity index (χ0n) is 14.0. The maximum Gasteiger partial charge on any atom is 0.130 e. The summed E-state index contributed by atoms with van der Waals surface area (Å²) in [7, 11) is 0. The van der Waals surface area contributed by atoms with Crippen molar-refractivity contribution < 1.29 is 10.2 Å². The molecule has 0 heterocycles. The van der Waals surface area contributed by atoms with Crippen molar-refractivity contribution in [1.82, 2.24) is 0 Å². The molecule has 2 nitrogen and oxygen atoms in total. The summed E-state index contributed by atoms with van der Waals surface area (Å²) in [6, 6.07) is 5.90. The number of benzene rings is 1. The fourth-order valence-electron chi connectivity index (χ4n) is 6.22. The van der Waals surface area contributed by atoms with Gasteiger partial charge in [-0.1, -0.05) is 25.8 Å². The second-order valence-corrected chi connectivity index (χ2v) is 8.35. The maximum atomic E-state index is 11.0. The van der Waals surface area contributed by atoms with Crippen LogP contribution in [0, 0.1) is 35.5 Å². The summed E-state index contributed by atoms with van der Waals surface area (Å²) in [5.74, 6) is 5.32. The van der Waals surface area contributed by atoms with Gasteiger partial charge in [-0.25, -0.2) is 0 Å². The Bertz CT molecular complexity index is 688. The molecule has 0 amide bonds. The Morgan fingerprint density at radius 1 is 1.26 bits per heavy atom. The minimum atomic E-state index is -0.933. The number of hydrogen-bond donors (Lipinski definition) is 2. The van der Waals surface area contributed by atoms with Crippen LogP contribution in [0.2, 0.25) is 0 Å². The van der Waals surface area contributed by atoms with Gasteiger partial charge in [-0.2, -0.15) is 0 Å². The number of phenols is 1. The molecule has 0 radical (unpaired) electrons. The van der Waals surface area contributed by atoms with Gasteiger partial charge in [-0.05, 0) is 79.0 Å². The third kappa shape index (κ3) is 1.86. The van der Waals surface area contributed by atoms with Gasteiger partial charge < -0.3 is 10.2 Å². The number of fused-ring (bicyclic) bond motifs is 5. The molecule has 2 heteroatoms. The van der Waals surface area contributed by atoms with E-state index in [0.717, 1.165) is 32.1 Å². The van der Waals surface area contributed by atoms with Gasteiger partial charge in [0, 0.05) is 5.41 Å². The van der Waals surface area contributed by atoms with E-state index in [9.17, 15) is 10.2 Å². The lowest BCUT2D eigenvalue weighted by Gasteiger charge is -2.54. The predicted molar refractivity (Wildman–Crippen MR) is 91.1 cm³/mol. The highest BCUT2D eigenvalue weighted by Crippen LogP contribution is 2.65. The molecule has 0 aromatic heterocycles. The second-order valence-electron chi connectivity index (χ2n) is 8.35. The van der Waals surface area contributed by atoms with Crippen molar-refractivity contribution >= 4 is 0 Å². The molecule has 3 aliphatic rings. The van der Waals surface area contributed by atoms with Crippen LogP contribution in [0.5, 0.6) is 5.75 Å². The highest BCUT2D eigenvalue weighted by Gasteiger charge is 2.62. The molecule has 23 heavy (non-hydrogen) atoms. The molecular formula is C21H26O2. The lowest BCUT2D eigenvalue weighted by Crippen LogP contribution is -2.51. The van der Waals surface area contributed by atoms with Crippen molar-refractivity contribution in [2.24, 2.45) is 23.2 Å². The molecular weight excluding hydrogens is 284 g/mol. The van der Waals surface area contributed by atoms with Crippen molar-refractivity contribution in [1.29, 1.82) is 0 Å². The molecule has 1 aromatic carbocycles. The van der Waals surface area contributed by atoms with Crippen LogP contribution in [0.4, 0.5) is 0 Å². The molecule has 4 rings (SSSR count). The zero-order chi connectivity index (χ0) is 16.4. The van der Waals surface area contributed by atoms with Gasteiger partial charge in [-0.3, -0.25) is 0 Å². The number of terminal acetylenes is 1. The van der Waals surface area contributed by atoms with Crippen LogP contribution in [0.1, 0.15) is 56.6 Å². The van der Waals surface area contributed by atoms with E-state index in [2.05, 4.69) is 25.8 Å². The fourth-order valence-corrected chi connectivity index (χ4v) is 6.22. The van der Waals surface area contributed by atoms with E-state index < -0.39 is 5.60 Å². The van der Waals surface area contributed by atoms with Gasteiger partial charge in [-0.15, -0.1) is 6.42 Å². The van der Waals surface area contributed by atoms with Crippen LogP contribution in [0.15, 0.2) is 18.2 Å². The van der Waals surface area contributed by atoms with E-state index in [1.807, 2.05) is 12.1 Å². The Morgan fingerprint density at radius 2 is 2.04 bits per heavy atom. The molecule has 6 atom stereocenters. The summed E-state index contributed by atoms with van der Waals surface area (Å²) in [4.78, 5) is 0. The van der Waals surface area contributed by atoms with Crippen LogP contribution in [0.25, 0.3) is 0 Å². The predicted octanol–water partition coefficient (Wildman–Crippen LogP) is 3.86. The summed E-state index contributed by atoms with van der Waals surface area (Å²) in [6.45, 7) is 4.56. The third-order valence-corrected chi connectivity index (χ3v) is 7.45. The SMILES string of the molecule is C#C[C@]1(O)CC[C@H]2[C@@H]3C(C)Cc4cc(O)ccc4[C@H]3CCC21C. The molecule has 1 aromatic rings. The second kappa shape index (κ2) is 4.77. The van der Waals surface area contributed by atoms with Crippen LogP contribution in [0.3, 0.4) is 0 Å². The quantitative estimate of drug-likeness (QED) is 0.714. The van der Waals surface area contributed by atoms with Crippen molar-refractivity contribution in [3.8, 4) is 18.1 Å². The van der Waals surface area contributed by atoms with Crippen LogP contribution >= 0.6 is 0 Å². The Kier molecular flexibility index (Phi) is 3.13. The third-order valence-electron chi connectivity index (χ3n) is 7.45. The van der Waals surface area contributed by atoms with Crippen molar-refractivity contribution in [3.63, 3.8) is 0 Å². The average Bonchev–Trinajstić information content (AvgIpc) is 2.79. The lowest BCUT2D eigenvalue weighted by atomic mass is 9.51. The number of hydrogen-bond acceptors (Lipinski definition) is 2. The van der Waals surface area contributed by atoms with E-state index in [0.29, 0.717) is 29.4 Å². The summed E-state index contributed by atoms with van der Waals surface area (Å²) >= 11 is 0. The van der Waals surface area contributed by atoms with E-state index in [4.69, 9.17) is 6.42 Å². The topological polar surface area (TPSA) is 40.5 Å². The molecule has 0 spiro atoms. The van der Waals surface area contributed by atoms with Crippen molar-refractivity contribution in [2.75, 3.05) is 0 Å². The van der Waals surface area contributed by atoms with Gasteiger partial charge in [0.1, 0.15) is 11.4 Å². The molecule has 2 fully saturated rings. The lowest BCUT2D eigenvalue weighted by molar-refractivity contribution is -0.0733. The summed E-state index contributed by atoms with van der Waals surface area (Å²) < 4.78 is 0. The molecule has 0 aliphatic heterocycles. The molecule has 0 bridgehead atoms. The normalized spacial score (nSPS) is 44.8. The van der Waals surface area contributed by atoms with Crippen molar-refractivity contribution in [2.45, 2.75) is 57.5 Å². The fraction of sp³-hybridized carbons (Fsp3) is 0.619. The first-order valence-corrected chi connectivity index (χ1v) is 8.91. The van der Waals surface area contributed by atoms with Crippen LogP contribution in [-0.4, -0.2) is 15.8 Å². The van der Waals surface area contributed by atoms with Gasteiger partial charge in [0.05, 0.1) is 0 Å². The monoisotopic (exact) mass is 310 g/mol. The van der Waals surface area contributed by atoms with E-state index >= 15 is 0 Å². The maximum absolute atomic E-state index is 11.0. The first-order valence-electron chi connectivity index (χ1n) is 8.91. The molecule has 2 saturated carbocycles. The molecule has 2 N–H and O–H groups in total. The first-order chi connectivity index (χ1) is 10.9. The Balaban J connectivity index is 1.77. The van der Waals surface area contributed by atoms with E-state index in [1.165, 1.54) is 11.1 Å². The average molecular weight is 310 g/mol. The summed E-state index contributed by atoms with van der Waals surface area (Å²) in [5.41, 5.74) is 1.65. The zero-order valence-corrected chi connectivity index (χ0v) is 14.0. The van der Waals surface area contributed by atoms with Crippen LogP contribution < -0.4 is 0 Å². The van der Waals surface area contributed by atoms with E-state index in [1.54, 1.807) is 0 Å². The highest BCUT2D eigenvalue weighted by molar-refractivity contribution is 5.41. The smallest absolute Gasteiger partial charge is 0.130 e. The highest BCUT2D eigenvalue weighted by atomic mass is 16.3. The number of aliphatic hydroxyl groups is 1. The summed E-state index contributed by atoms with van der Waals surface area (Å²) in [5, 5.41) is 20.8. The molecule has 2 unspecified atom stereocenters. The number of aromatic hydroxyl groups is 1. The van der Waals surface area contributed by atoms with Crippen LogP contribution in [-0.2, 0) is 6.42 Å². The summed E-state index contributed by atoms with van der Waals surface area (Å²) in [6.07, 6.45) is 10.6. The molecule has 0 saturated heterocycles. The van der Waals surface area contributed by atoms with Crippen molar-refractivity contribution in [3.05, 3.63) is 29.3 Å². The minimum absolute atomic E-state index is 0.147. The van der Waals surface area contributed by atoms with E-state index in [-0.39, 0.29) is 5.41 Å². The number of rotatable bonds is 0. The first kappa shape index (κ1) is 15.1. The Hall–Kier alpha value is -1.46. The molecule has 3 aliphatic carbocycles. The minimum Gasteiger partial charge on any atom is -0.508 e. The molecule has 122 valence electrons. The largest absolute Gasteiger partial charge is 0.508 e. The van der Waals surface area contributed by atoms with Gasteiger partial charge in [0.25, 0.3) is 0 Å². The van der Waals surface area contributed by atoms with Gasteiger partial charge in [0.15, 0.2) is 0 Å².